The summed E-state index contributed by atoms with van der Waals surface area (Å²) in [5.74, 6) is 1.22. The predicted molar refractivity (Wildman–Crippen MR) is 91.0 cm³/mol. The fourth-order valence-electron chi connectivity index (χ4n) is 2.77. The van der Waals surface area contributed by atoms with E-state index in [-0.39, 0.29) is 12.0 Å². The van der Waals surface area contributed by atoms with Gasteiger partial charge in [0.15, 0.2) is 0 Å². The van der Waals surface area contributed by atoms with Crippen molar-refractivity contribution in [1.82, 2.24) is 9.88 Å². The molecule has 2 aromatic rings. The summed E-state index contributed by atoms with van der Waals surface area (Å²) in [6.45, 7) is 3.44. The number of methoxy groups -OCH3 is 2. The predicted octanol–water partition coefficient (Wildman–Crippen LogP) is 2.68. The van der Waals surface area contributed by atoms with Crippen molar-refractivity contribution in [2.24, 2.45) is 0 Å². The zero-order valence-corrected chi connectivity index (χ0v) is 14.8. The van der Waals surface area contributed by atoms with Crippen molar-refractivity contribution in [3.63, 3.8) is 0 Å². The van der Waals surface area contributed by atoms with Gasteiger partial charge in [0, 0.05) is 29.2 Å². The Hall–Kier alpha value is -2.12. The van der Waals surface area contributed by atoms with Gasteiger partial charge in [-0.1, -0.05) is 0 Å². The number of amides is 1. The number of carbonyl (C=O) groups is 1. The first kappa shape index (κ1) is 16.7. The number of nitrogens with zero attached hydrogens (tertiary/aromatic N) is 2. The second kappa shape index (κ2) is 7.19. The minimum Gasteiger partial charge on any atom is -0.496 e. The highest BCUT2D eigenvalue weighted by atomic mass is 32.1. The Morgan fingerprint density at radius 1 is 1.33 bits per heavy atom. The molecular weight excluding hydrogens is 328 g/mol. The lowest BCUT2D eigenvalue weighted by atomic mass is 10.1. The third-order valence-corrected chi connectivity index (χ3v) is 4.95. The van der Waals surface area contributed by atoms with E-state index < -0.39 is 0 Å². The largest absolute Gasteiger partial charge is 0.496 e. The second-order valence-corrected chi connectivity index (χ2v) is 6.41. The average molecular weight is 348 g/mol. The highest BCUT2D eigenvalue weighted by Crippen LogP contribution is 2.31. The topological polar surface area (TPSA) is 60.9 Å². The van der Waals surface area contributed by atoms with Crippen molar-refractivity contribution in [2.75, 3.05) is 33.9 Å². The van der Waals surface area contributed by atoms with Crippen LogP contribution in [0.25, 0.3) is 0 Å². The summed E-state index contributed by atoms with van der Waals surface area (Å²) in [6, 6.07) is 3.52. The fraction of sp³-hybridized carbons (Fsp3) is 0.412. The molecular formula is C17H20N2O4S. The molecule has 6 nitrogen and oxygen atoms in total. The van der Waals surface area contributed by atoms with Gasteiger partial charge in [-0.2, -0.15) is 0 Å². The molecule has 0 bridgehead atoms. The molecule has 2 heterocycles. The van der Waals surface area contributed by atoms with E-state index in [0.717, 1.165) is 10.6 Å². The van der Waals surface area contributed by atoms with E-state index in [1.54, 1.807) is 37.4 Å². The highest BCUT2D eigenvalue weighted by Gasteiger charge is 2.28. The van der Waals surface area contributed by atoms with E-state index in [2.05, 4.69) is 4.98 Å². The first-order chi connectivity index (χ1) is 11.6. The molecule has 24 heavy (non-hydrogen) atoms. The van der Waals surface area contributed by atoms with Crippen molar-refractivity contribution < 1.29 is 19.0 Å². The monoisotopic (exact) mass is 348 g/mol. The number of hydrogen-bond donors (Lipinski definition) is 0. The third-order valence-electron chi connectivity index (χ3n) is 4.08. The standard InChI is InChI=1S/C17H20N2O4S/c1-11-13(21-2)8-12(9-14(11)22-3)17(20)19-5-6-23-15(10-19)16-18-4-7-24-16/h4,7-9,15H,5-6,10H2,1-3H3. The molecule has 1 atom stereocenters. The molecule has 0 N–H and O–H groups in total. The summed E-state index contributed by atoms with van der Waals surface area (Å²) in [6.07, 6.45) is 1.58. The molecule has 128 valence electrons. The van der Waals surface area contributed by atoms with Gasteiger partial charge in [0.05, 0.1) is 27.4 Å². The maximum atomic E-state index is 12.9. The first-order valence-electron chi connectivity index (χ1n) is 7.67. The lowest BCUT2D eigenvalue weighted by Crippen LogP contribution is -2.42. The fourth-order valence-corrected chi connectivity index (χ4v) is 3.45. The highest BCUT2D eigenvalue weighted by molar-refractivity contribution is 7.09. The SMILES string of the molecule is COc1cc(C(=O)N2CCOC(c3nccs3)C2)cc(OC)c1C. The number of benzene rings is 1. The van der Waals surface area contributed by atoms with Crippen LogP contribution in [-0.2, 0) is 4.74 Å². The van der Waals surface area contributed by atoms with Crippen LogP contribution >= 0.6 is 11.3 Å². The van der Waals surface area contributed by atoms with E-state index in [1.165, 1.54) is 11.3 Å². The number of rotatable bonds is 4. The van der Waals surface area contributed by atoms with Gasteiger partial charge in [-0.05, 0) is 19.1 Å². The lowest BCUT2D eigenvalue weighted by Gasteiger charge is -2.32. The van der Waals surface area contributed by atoms with Crippen molar-refractivity contribution >= 4 is 17.2 Å². The Kier molecular flexibility index (Phi) is 5.01. The van der Waals surface area contributed by atoms with Crippen molar-refractivity contribution in [3.05, 3.63) is 39.8 Å². The van der Waals surface area contributed by atoms with Crippen LogP contribution in [0, 0.1) is 6.92 Å². The Balaban J connectivity index is 1.83. The van der Waals surface area contributed by atoms with Crippen LogP contribution in [0.1, 0.15) is 27.0 Å². The van der Waals surface area contributed by atoms with Gasteiger partial charge in [-0.3, -0.25) is 4.79 Å². The van der Waals surface area contributed by atoms with Crippen molar-refractivity contribution in [2.45, 2.75) is 13.0 Å². The molecule has 1 fully saturated rings. The lowest BCUT2D eigenvalue weighted by molar-refractivity contribution is -0.0229. The van der Waals surface area contributed by atoms with Crippen LogP contribution in [-0.4, -0.2) is 49.7 Å². The molecule has 1 aromatic heterocycles. The van der Waals surface area contributed by atoms with Gasteiger partial charge in [-0.25, -0.2) is 4.98 Å². The smallest absolute Gasteiger partial charge is 0.254 e. The van der Waals surface area contributed by atoms with Gasteiger partial charge >= 0.3 is 0 Å². The number of carbonyl (C=O) groups excluding carboxylic acids is 1. The number of morpholine rings is 1. The summed E-state index contributed by atoms with van der Waals surface area (Å²) < 4.78 is 16.5. The molecule has 1 unspecified atom stereocenters. The summed E-state index contributed by atoms with van der Waals surface area (Å²) in [5.41, 5.74) is 1.42. The minimum absolute atomic E-state index is 0.0588. The van der Waals surface area contributed by atoms with E-state index >= 15 is 0 Å². The average Bonchev–Trinajstić information content (AvgIpc) is 3.16. The Morgan fingerprint density at radius 3 is 2.62 bits per heavy atom. The van der Waals surface area contributed by atoms with E-state index in [0.29, 0.717) is 36.8 Å². The molecule has 0 saturated carbocycles. The number of ether oxygens (including phenoxy) is 3. The normalized spacial score (nSPS) is 17.6. The zero-order valence-electron chi connectivity index (χ0n) is 13.9. The van der Waals surface area contributed by atoms with E-state index in [1.807, 2.05) is 12.3 Å². The second-order valence-electron chi connectivity index (χ2n) is 5.49. The number of hydrogen-bond acceptors (Lipinski definition) is 6. The molecule has 0 radical (unpaired) electrons. The number of thiazole rings is 1. The quantitative estimate of drug-likeness (QED) is 0.850. The molecule has 0 aliphatic carbocycles. The minimum atomic E-state index is -0.170. The summed E-state index contributed by atoms with van der Waals surface area (Å²) in [7, 11) is 3.17. The molecule has 1 saturated heterocycles. The molecule has 1 aliphatic rings. The van der Waals surface area contributed by atoms with Crippen LogP contribution in [0.3, 0.4) is 0 Å². The summed E-state index contributed by atoms with van der Waals surface area (Å²) in [4.78, 5) is 19.0. The van der Waals surface area contributed by atoms with Gasteiger partial charge in [0.25, 0.3) is 5.91 Å². The van der Waals surface area contributed by atoms with Crippen LogP contribution in [0.2, 0.25) is 0 Å². The zero-order chi connectivity index (χ0) is 17.1. The molecule has 1 aromatic carbocycles. The maximum Gasteiger partial charge on any atom is 0.254 e. The maximum absolute atomic E-state index is 12.9. The molecule has 3 rings (SSSR count). The Bertz CT molecular complexity index is 692. The third kappa shape index (κ3) is 3.22. The van der Waals surface area contributed by atoms with Crippen molar-refractivity contribution in [3.8, 4) is 11.5 Å². The first-order valence-corrected chi connectivity index (χ1v) is 8.55. The van der Waals surface area contributed by atoms with Crippen LogP contribution in [0.15, 0.2) is 23.7 Å². The molecule has 0 spiro atoms. The van der Waals surface area contributed by atoms with E-state index in [9.17, 15) is 4.79 Å². The summed E-state index contributed by atoms with van der Waals surface area (Å²) in [5, 5.41) is 2.81. The molecule has 7 heteroatoms. The van der Waals surface area contributed by atoms with Gasteiger partial charge in [-0.15, -0.1) is 11.3 Å². The molecule has 1 amide bonds. The van der Waals surface area contributed by atoms with E-state index in [4.69, 9.17) is 14.2 Å². The van der Waals surface area contributed by atoms with Crippen LogP contribution in [0.5, 0.6) is 11.5 Å². The number of aromatic nitrogens is 1. The van der Waals surface area contributed by atoms with Gasteiger partial charge in [0.2, 0.25) is 0 Å². The van der Waals surface area contributed by atoms with Crippen LogP contribution in [0.4, 0.5) is 0 Å². The van der Waals surface area contributed by atoms with Crippen molar-refractivity contribution in [1.29, 1.82) is 0 Å². The van der Waals surface area contributed by atoms with Gasteiger partial charge < -0.3 is 19.1 Å². The Labute approximate surface area is 145 Å². The van der Waals surface area contributed by atoms with Crippen LogP contribution < -0.4 is 9.47 Å². The Morgan fingerprint density at radius 2 is 2.04 bits per heavy atom. The molecule has 1 aliphatic heterocycles. The van der Waals surface area contributed by atoms with Gasteiger partial charge in [0.1, 0.15) is 22.6 Å². The summed E-state index contributed by atoms with van der Waals surface area (Å²) >= 11 is 1.54.